The molecule has 0 saturated heterocycles. The van der Waals surface area contributed by atoms with Crippen molar-refractivity contribution >= 4 is 21.8 Å². The number of rotatable bonds is 10. The molecule has 9 aromatic rings. The van der Waals surface area contributed by atoms with Gasteiger partial charge in [-0.25, -0.2) is 13.8 Å². The Morgan fingerprint density at radius 1 is 0.529 bits per heavy atom. The van der Waals surface area contributed by atoms with Crippen molar-refractivity contribution in [3.63, 3.8) is 0 Å². The first-order valence-electron chi connectivity index (χ1n) is 24.0. The maximum atomic E-state index is 16.5. The van der Waals surface area contributed by atoms with Crippen LogP contribution >= 0.6 is 0 Å². The van der Waals surface area contributed by atoms with Crippen LogP contribution in [0.4, 0.5) is 8.78 Å². The normalized spacial score (nSPS) is 12.2. The lowest BCUT2D eigenvalue weighted by molar-refractivity contribution is 0.477. The molecule has 0 aliphatic rings. The van der Waals surface area contributed by atoms with Crippen LogP contribution in [0.3, 0.4) is 0 Å². The average Bonchev–Trinajstić information content (AvgIpc) is 3.68. The minimum absolute atomic E-state index is 0.105. The Labute approximate surface area is 400 Å². The van der Waals surface area contributed by atoms with Gasteiger partial charge in [0.25, 0.3) is 0 Å². The second-order valence-electron chi connectivity index (χ2n) is 20.7. The molecule has 2 heterocycles. The number of hydrogen-bond donors (Lipinski definition) is 1. The molecule has 0 aliphatic carbocycles. The van der Waals surface area contributed by atoms with Crippen LogP contribution in [0.25, 0.3) is 83.5 Å². The predicted molar refractivity (Wildman–Crippen MR) is 280 cm³/mol. The Kier molecular flexibility index (Phi) is 12.2. The maximum absolute atomic E-state index is 16.5. The standard InChI is InChI=1S/C62H61F2N3O/c1-35(2)47-22-17-23-48(36(3)4)60(47)67-54-32-45(58-56(37(5)6)51(63)34-52(64)57(58)38(7)8)30-49(59(54)66-61(67)50-29-40-20-15-16-21-41(40)33-55(50)68)43-26-44(28-46(27-43)62(9,10)11)53-31-42(24-25-65-53)39-18-13-12-14-19-39/h12-38,68H,1-11H3. The predicted octanol–water partition coefficient (Wildman–Crippen LogP) is 17.7. The fourth-order valence-electron chi connectivity index (χ4n) is 9.98. The highest BCUT2D eigenvalue weighted by Gasteiger charge is 2.30. The van der Waals surface area contributed by atoms with Gasteiger partial charge in [0, 0.05) is 23.4 Å². The van der Waals surface area contributed by atoms with Crippen LogP contribution in [0.2, 0.25) is 0 Å². The van der Waals surface area contributed by atoms with E-state index in [0.717, 1.165) is 78.2 Å². The van der Waals surface area contributed by atoms with Gasteiger partial charge >= 0.3 is 0 Å². The van der Waals surface area contributed by atoms with E-state index < -0.39 is 11.6 Å². The van der Waals surface area contributed by atoms with E-state index in [9.17, 15) is 5.11 Å². The smallest absolute Gasteiger partial charge is 0.149 e. The van der Waals surface area contributed by atoms with Crippen molar-refractivity contribution in [2.24, 2.45) is 0 Å². The number of nitrogens with zero attached hydrogens (tertiary/aromatic N) is 3. The Morgan fingerprint density at radius 2 is 1.13 bits per heavy atom. The molecule has 0 amide bonds. The second-order valence-corrected chi connectivity index (χ2v) is 20.7. The Bertz CT molecular complexity index is 3310. The number of para-hydroxylation sites is 1. The molecular weight excluding hydrogens is 841 g/mol. The maximum Gasteiger partial charge on any atom is 0.149 e. The highest BCUT2D eigenvalue weighted by molar-refractivity contribution is 6.02. The third-order valence-electron chi connectivity index (χ3n) is 13.5. The molecule has 0 saturated carbocycles. The molecule has 1 N–H and O–H groups in total. The molecular formula is C62H61F2N3O. The van der Waals surface area contributed by atoms with Crippen molar-refractivity contribution < 1.29 is 13.9 Å². The van der Waals surface area contributed by atoms with Crippen LogP contribution in [0.15, 0.2) is 140 Å². The largest absolute Gasteiger partial charge is 0.507 e. The van der Waals surface area contributed by atoms with Crippen LogP contribution in [-0.4, -0.2) is 19.6 Å². The minimum atomic E-state index is -0.567. The average molecular weight is 902 g/mol. The molecule has 0 fully saturated rings. The van der Waals surface area contributed by atoms with Crippen LogP contribution < -0.4 is 0 Å². The molecule has 6 heteroatoms. The van der Waals surface area contributed by atoms with Gasteiger partial charge in [-0.15, -0.1) is 0 Å². The first-order valence-corrected chi connectivity index (χ1v) is 24.0. The van der Waals surface area contributed by atoms with Crippen molar-refractivity contribution in [3.8, 4) is 67.5 Å². The monoisotopic (exact) mass is 901 g/mol. The molecule has 7 aromatic carbocycles. The van der Waals surface area contributed by atoms with Gasteiger partial charge < -0.3 is 5.11 Å². The molecule has 4 nitrogen and oxygen atoms in total. The van der Waals surface area contributed by atoms with E-state index in [2.05, 4.69) is 126 Å². The van der Waals surface area contributed by atoms with Crippen molar-refractivity contribution in [1.29, 1.82) is 0 Å². The number of phenolic OH excluding ortho intramolecular Hbond substituents is 1. The van der Waals surface area contributed by atoms with Gasteiger partial charge in [-0.1, -0.05) is 155 Å². The number of imidazole rings is 1. The fourth-order valence-corrected chi connectivity index (χ4v) is 9.98. The van der Waals surface area contributed by atoms with E-state index in [-0.39, 0.29) is 34.8 Å². The summed E-state index contributed by atoms with van der Waals surface area (Å²) >= 11 is 0. The zero-order chi connectivity index (χ0) is 48.3. The van der Waals surface area contributed by atoms with Gasteiger partial charge in [-0.05, 0) is 144 Å². The van der Waals surface area contributed by atoms with E-state index in [1.54, 1.807) is 0 Å². The van der Waals surface area contributed by atoms with Crippen molar-refractivity contribution in [2.75, 3.05) is 0 Å². The zero-order valence-electron chi connectivity index (χ0n) is 41.1. The quantitative estimate of drug-likeness (QED) is 0.149. The van der Waals surface area contributed by atoms with E-state index in [0.29, 0.717) is 39.2 Å². The second kappa shape index (κ2) is 18.0. The van der Waals surface area contributed by atoms with Crippen molar-refractivity contribution in [2.45, 2.75) is 105 Å². The topological polar surface area (TPSA) is 50.9 Å². The summed E-state index contributed by atoms with van der Waals surface area (Å²) in [5.74, 6) is -0.748. The highest BCUT2D eigenvalue weighted by Crippen LogP contribution is 2.47. The van der Waals surface area contributed by atoms with Crippen LogP contribution in [0.1, 0.15) is 128 Å². The molecule has 0 unspecified atom stereocenters. The van der Waals surface area contributed by atoms with Crippen LogP contribution in [0, 0.1) is 11.6 Å². The summed E-state index contributed by atoms with van der Waals surface area (Å²) in [5.41, 5.74) is 13.9. The lowest BCUT2D eigenvalue weighted by Crippen LogP contribution is -2.11. The first kappa shape index (κ1) is 46.2. The third-order valence-corrected chi connectivity index (χ3v) is 13.5. The van der Waals surface area contributed by atoms with Gasteiger partial charge in [0.15, 0.2) is 0 Å². The Morgan fingerprint density at radius 3 is 1.74 bits per heavy atom. The number of pyridine rings is 1. The molecule has 0 aliphatic heterocycles. The number of fused-ring (bicyclic) bond motifs is 2. The number of halogens is 2. The summed E-state index contributed by atoms with van der Waals surface area (Å²) in [5, 5.41) is 14.0. The number of hydrogen-bond acceptors (Lipinski definition) is 3. The van der Waals surface area contributed by atoms with Crippen molar-refractivity contribution in [1.82, 2.24) is 14.5 Å². The SMILES string of the molecule is CC(C)c1cccc(C(C)C)c1-n1c(-c2cc3ccccc3cc2O)nc2c(-c3cc(-c4cc(-c5ccccc5)ccn4)cc(C(C)(C)C)c3)cc(-c3c(C(C)C)c(F)cc(F)c3C(C)C)cc21. The molecule has 344 valence electrons. The van der Waals surface area contributed by atoms with Crippen molar-refractivity contribution in [3.05, 3.63) is 179 Å². The van der Waals surface area contributed by atoms with E-state index in [4.69, 9.17) is 9.97 Å². The highest BCUT2D eigenvalue weighted by atomic mass is 19.1. The van der Waals surface area contributed by atoms with Gasteiger partial charge in [0.1, 0.15) is 23.2 Å². The van der Waals surface area contributed by atoms with Gasteiger partial charge in [-0.2, -0.15) is 0 Å². The minimum Gasteiger partial charge on any atom is -0.507 e. The number of aromatic nitrogens is 3. The van der Waals surface area contributed by atoms with Gasteiger partial charge in [0.05, 0.1) is 28.0 Å². The lowest BCUT2D eigenvalue weighted by Gasteiger charge is -2.25. The summed E-state index contributed by atoms with van der Waals surface area (Å²) in [6.45, 7) is 23.3. The van der Waals surface area contributed by atoms with Crippen LogP contribution in [-0.2, 0) is 5.41 Å². The van der Waals surface area contributed by atoms with Gasteiger partial charge in [0.2, 0.25) is 0 Å². The molecule has 0 bridgehead atoms. The molecule has 68 heavy (non-hydrogen) atoms. The fraction of sp³-hybridized carbons (Fsp3) is 0.258. The van der Waals surface area contributed by atoms with E-state index in [1.807, 2.05) is 88.5 Å². The lowest BCUT2D eigenvalue weighted by atomic mass is 9.81. The van der Waals surface area contributed by atoms with E-state index >= 15 is 8.78 Å². The Balaban J connectivity index is 1.49. The van der Waals surface area contributed by atoms with Crippen LogP contribution in [0.5, 0.6) is 5.75 Å². The summed E-state index contributed by atoms with van der Waals surface area (Å²) in [6, 6.07) is 44.7. The summed E-state index contributed by atoms with van der Waals surface area (Å²) < 4.78 is 35.3. The summed E-state index contributed by atoms with van der Waals surface area (Å²) in [6.07, 6.45) is 1.86. The third kappa shape index (κ3) is 8.39. The Hall–Kier alpha value is -6.92. The first-order chi connectivity index (χ1) is 32.4. The zero-order valence-corrected chi connectivity index (χ0v) is 41.1. The molecule has 9 rings (SSSR count). The molecule has 0 atom stereocenters. The molecule has 2 aromatic heterocycles. The summed E-state index contributed by atoms with van der Waals surface area (Å²) in [4.78, 5) is 10.6. The number of phenols is 1. The number of benzene rings is 7. The molecule has 0 radical (unpaired) electrons. The number of aromatic hydroxyl groups is 1. The summed E-state index contributed by atoms with van der Waals surface area (Å²) in [7, 11) is 0. The van der Waals surface area contributed by atoms with Gasteiger partial charge in [-0.3, -0.25) is 9.55 Å². The van der Waals surface area contributed by atoms with E-state index in [1.165, 1.54) is 0 Å². The molecule has 0 spiro atoms.